The first kappa shape index (κ1) is 13.0. The number of hydrogen-bond acceptors (Lipinski definition) is 4. The van der Waals surface area contributed by atoms with Crippen molar-refractivity contribution in [1.29, 1.82) is 0 Å². The zero-order valence-corrected chi connectivity index (χ0v) is 11.4. The first-order chi connectivity index (χ1) is 10.2. The smallest absolute Gasteiger partial charge is 0.322 e. The summed E-state index contributed by atoms with van der Waals surface area (Å²) in [5.74, 6) is 0.264. The molecule has 0 unspecified atom stereocenters. The van der Waals surface area contributed by atoms with Crippen molar-refractivity contribution in [2.75, 3.05) is 5.32 Å². The molecule has 0 radical (unpaired) electrons. The number of anilines is 1. The van der Waals surface area contributed by atoms with Crippen LogP contribution in [0.2, 0.25) is 0 Å². The predicted octanol–water partition coefficient (Wildman–Crippen LogP) is 2.01. The Balaban J connectivity index is 1.66. The molecule has 2 amide bonds. The normalized spacial score (nSPS) is 12.0. The Hall–Kier alpha value is -2.96. The van der Waals surface area contributed by atoms with Crippen LogP contribution in [0.3, 0.4) is 0 Å². The van der Waals surface area contributed by atoms with Gasteiger partial charge in [-0.3, -0.25) is 10.3 Å². The molecule has 7 heteroatoms. The van der Waals surface area contributed by atoms with Crippen LogP contribution in [0.5, 0.6) is 0 Å². The van der Waals surface area contributed by atoms with Gasteiger partial charge >= 0.3 is 6.03 Å². The van der Waals surface area contributed by atoms with Gasteiger partial charge in [0.15, 0.2) is 5.65 Å². The van der Waals surface area contributed by atoms with Crippen molar-refractivity contribution in [3.63, 3.8) is 0 Å². The largest absolute Gasteiger partial charge is 0.331 e. The van der Waals surface area contributed by atoms with Crippen molar-refractivity contribution in [2.45, 2.75) is 13.0 Å². The highest BCUT2D eigenvalue weighted by atomic mass is 16.2. The van der Waals surface area contributed by atoms with Gasteiger partial charge in [0.2, 0.25) is 0 Å². The van der Waals surface area contributed by atoms with Gasteiger partial charge in [-0.25, -0.2) is 9.31 Å². The lowest BCUT2D eigenvalue weighted by Crippen LogP contribution is -2.31. The molecule has 106 valence electrons. The molecular weight excluding hydrogens is 268 g/mol. The molecule has 3 aromatic rings. The highest BCUT2D eigenvalue weighted by Crippen LogP contribution is 2.10. The van der Waals surface area contributed by atoms with E-state index in [4.69, 9.17) is 0 Å². The summed E-state index contributed by atoms with van der Waals surface area (Å²) in [6, 6.07) is 8.74. The number of rotatable bonds is 3. The fourth-order valence-electron chi connectivity index (χ4n) is 1.95. The van der Waals surface area contributed by atoms with Crippen LogP contribution in [0.15, 0.2) is 48.9 Å². The predicted molar refractivity (Wildman–Crippen MR) is 77.8 cm³/mol. The number of nitrogens with zero attached hydrogens (tertiary/aromatic N) is 4. The molecule has 3 heterocycles. The minimum absolute atomic E-state index is 0.134. The summed E-state index contributed by atoms with van der Waals surface area (Å²) in [6.07, 6.45) is 5.15. The van der Waals surface area contributed by atoms with Crippen LogP contribution in [-0.2, 0) is 0 Å². The van der Waals surface area contributed by atoms with E-state index in [1.165, 1.54) is 0 Å². The molecule has 0 fully saturated rings. The van der Waals surface area contributed by atoms with E-state index in [0.29, 0.717) is 5.65 Å². The summed E-state index contributed by atoms with van der Waals surface area (Å²) in [7, 11) is 0. The Morgan fingerprint density at radius 3 is 2.81 bits per heavy atom. The Morgan fingerprint density at radius 2 is 2.05 bits per heavy atom. The zero-order valence-electron chi connectivity index (χ0n) is 11.4. The second-order valence-electron chi connectivity index (χ2n) is 4.54. The van der Waals surface area contributed by atoms with Gasteiger partial charge in [-0.2, -0.15) is 4.98 Å². The second-order valence-corrected chi connectivity index (χ2v) is 4.54. The molecule has 7 nitrogen and oxygen atoms in total. The minimum atomic E-state index is -0.352. The summed E-state index contributed by atoms with van der Waals surface area (Å²) >= 11 is 0. The molecule has 0 saturated heterocycles. The van der Waals surface area contributed by atoms with E-state index < -0.39 is 0 Å². The quantitative estimate of drug-likeness (QED) is 0.769. The van der Waals surface area contributed by atoms with E-state index in [1.807, 2.05) is 37.3 Å². The molecule has 1 atom stereocenters. The van der Waals surface area contributed by atoms with Crippen molar-refractivity contribution in [3.8, 4) is 0 Å². The average molecular weight is 282 g/mol. The number of nitrogens with one attached hydrogen (secondary N) is 2. The van der Waals surface area contributed by atoms with E-state index >= 15 is 0 Å². The highest BCUT2D eigenvalue weighted by molar-refractivity contribution is 5.87. The molecule has 0 spiro atoms. The standard InChI is InChI=1S/C14H14N6O/c1-10(11-5-7-15-8-6-11)16-14(21)18-13-17-12-4-2-3-9-20(12)19-13/h2-10H,1H3,(H2,16,18,19,21)/t10-/m1/s1. The van der Waals surface area contributed by atoms with E-state index in [0.717, 1.165) is 5.56 Å². The van der Waals surface area contributed by atoms with Gasteiger partial charge in [-0.15, -0.1) is 5.10 Å². The topological polar surface area (TPSA) is 84.2 Å². The van der Waals surface area contributed by atoms with Gasteiger partial charge < -0.3 is 5.32 Å². The third kappa shape index (κ3) is 2.97. The van der Waals surface area contributed by atoms with Crippen molar-refractivity contribution in [1.82, 2.24) is 24.9 Å². The number of carbonyl (C=O) groups excluding carboxylic acids is 1. The van der Waals surface area contributed by atoms with Crippen LogP contribution in [0.1, 0.15) is 18.5 Å². The molecule has 0 bridgehead atoms. The molecule has 3 rings (SSSR count). The summed E-state index contributed by atoms with van der Waals surface area (Å²) in [5, 5.41) is 9.60. The van der Waals surface area contributed by atoms with Gasteiger partial charge in [0, 0.05) is 18.6 Å². The maximum absolute atomic E-state index is 11.9. The summed E-state index contributed by atoms with van der Waals surface area (Å²) in [4.78, 5) is 20.1. The molecule has 2 N–H and O–H groups in total. The van der Waals surface area contributed by atoms with Crippen LogP contribution in [0.4, 0.5) is 10.7 Å². The van der Waals surface area contributed by atoms with Crippen molar-refractivity contribution in [3.05, 3.63) is 54.5 Å². The van der Waals surface area contributed by atoms with Crippen molar-refractivity contribution in [2.24, 2.45) is 0 Å². The Morgan fingerprint density at radius 1 is 1.24 bits per heavy atom. The van der Waals surface area contributed by atoms with Crippen LogP contribution in [-0.4, -0.2) is 25.6 Å². The SMILES string of the molecule is C[C@@H](NC(=O)Nc1nc2ccccn2n1)c1ccncc1. The maximum atomic E-state index is 11.9. The molecule has 0 aliphatic carbocycles. The summed E-state index contributed by atoms with van der Waals surface area (Å²) < 4.78 is 1.60. The third-order valence-corrected chi connectivity index (χ3v) is 3.02. The minimum Gasteiger partial charge on any atom is -0.331 e. The lowest BCUT2D eigenvalue weighted by atomic mass is 10.1. The fourth-order valence-corrected chi connectivity index (χ4v) is 1.95. The third-order valence-electron chi connectivity index (χ3n) is 3.02. The zero-order chi connectivity index (χ0) is 14.7. The Bertz CT molecular complexity index is 721. The molecule has 3 aromatic heterocycles. The van der Waals surface area contributed by atoms with Crippen LogP contribution < -0.4 is 10.6 Å². The number of urea groups is 1. The fraction of sp³-hybridized carbons (Fsp3) is 0.143. The first-order valence-electron chi connectivity index (χ1n) is 6.51. The number of carbonyl (C=O) groups is 1. The maximum Gasteiger partial charge on any atom is 0.322 e. The van der Waals surface area contributed by atoms with Crippen molar-refractivity contribution < 1.29 is 4.79 Å². The number of fused-ring (bicyclic) bond motifs is 1. The molecule has 0 saturated carbocycles. The summed E-state index contributed by atoms with van der Waals surface area (Å²) in [6.45, 7) is 1.89. The molecule has 0 aliphatic heterocycles. The van der Waals surface area contributed by atoms with Crippen LogP contribution in [0.25, 0.3) is 5.65 Å². The number of pyridine rings is 2. The highest BCUT2D eigenvalue weighted by Gasteiger charge is 2.11. The summed E-state index contributed by atoms with van der Waals surface area (Å²) in [5.41, 5.74) is 1.65. The van der Waals surface area contributed by atoms with E-state index in [-0.39, 0.29) is 18.0 Å². The lowest BCUT2D eigenvalue weighted by molar-refractivity contribution is 0.249. The van der Waals surface area contributed by atoms with E-state index in [2.05, 4.69) is 25.7 Å². The Labute approximate surface area is 121 Å². The number of amides is 2. The molecule has 0 aromatic carbocycles. The number of hydrogen-bond donors (Lipinski definition) is 2. The van der Waals surface area contributed by atoms with Crippen LogP contribution >= 0.6 is 0 Å². The second kappa shape index (κ2) is 5.58. The van der Waals surface area contributed by atoms with E-state index in [9.17, 15) is 4.79 Å². The lowest BCUT2D eigenvalue weighted by Gasteiger charge is -2.13. The van der Waals surface area contributed by atoms with Gasteiger partial charge in [0.25, 0.3) is 5.95 Å². The van der Waals surface area contributed by atoms with Gasteiger partial charge in [0.1, 0.15) is 0 Å². The molecule has 21 heavy (non-hydrogen) atoms. The average Bonchev–Trinajstić information content (AvgIpc) is 2.90. The monoisotopic (exact) mass is 282 g/mol. The first-order valence-corrected chi connectivity index (χ1v) is 6.51. The molecular formula is C14H14N6O. The van der Waals surface area contributed by atoms with Gasteiger partial charge in [0.05, 0.1) is 6.04 Å². The van der Waals surface area contributed by atoms with Crippen LogP contribution in [0, 0.1) is 0 Å². The van der Waals surface area contributed by atoms with Crippen molar-refractivity contribution >= 4 is 17.6 Å². The Kier molecular flexibility index (Phi) is 3.46. The van der Waals surface area contributed by atoms with Gasteiger partial charge in [-0.1, -0.05) is 6.07 Å². The molecule has 0 aliphatic rings. The van der Waals surface area contributed by atoms with E-state index in [1.54, 1.807) is 23.1 Å². The van der Waals surface area contributed by atoms with Gasteiger partial charge in [-0.05, 0) is 36.8 Å². The number of aromatic nitrogens is 4.